The number of aryl methyl sites for hydroxylation is 1. The predicted octanol–water partition coefficient (Wildman–Crippen LogP) is 2.61. The zero-order valence-corrected chi connectivity index (χ0v) is 16.9. The fraction of sp³-hybridized carbons (Fsp3) is 0.579. The van der Waals surface area contributed by atoms with Crippen molar-refractivity contribution in [1.29, 1.82) is 0 Å². The molecule has 1 saturated carbocycles. The number of carbonyl (C=O) groups is 2. The smallest absolute Gasteiger partial charge is 0.323 e. The minimum atomic E-state index is -3.84. The number of ether oxygens (including phenoxy) is 2. The van der Waals surface area contributed by atoms with E-state index in [0.717, 1.165) is 5.56 Å². The number of hydrogen-bond acceptors (Lipinski definition) is 7. The first-order valence-corrected chi connectivity index (χ1v) is 10.2. The molecule has 1 aromatic rings. The summed E-state index contributed by atoms with van der Waals surface area (Å²) < 4.78 is 39.2. The van der Waals surface area contributed by atoms with Gasteiger partial charge in [0.15, 0.2) is 5.41 Å². The number of benzene rings is 1. The molecular weight excluding hydrogens is 372 g/mol. The van der Waals surface area contributed by atoms with Crippen molar-refractivity contribution in [1.82, 2.24) is 0 Å². The molecule has 0 amide bonds. The zero-order valence-electron chi connectivity index (χ0n) is 16.1. The van der Waals surface area contributed by atoms with Crippen molar-refractivity contribution in [2.45, 2.75) is 44.4 Å². The van der Waals surface area contributed by atoms with E-state index in [9.17, 15) is 18.0 Å². The Morgan fingerprint density at radius 1 is 1.07 bits per heavy atom. The van der Waals surface area contributed by atoms with Crippen LogP contribution in [0.15, 0.2) is 29.2 Å². The molecule has 0 heterocycles. The molecule has 27 heavy (non-hydrogen) atoms. The van der Waals surface area contributed by atoms with E-state index < -0.39 is 32.9 Å². The van der Waals surface area contributed by atoms with Gasteiger partial charge in [0.05, 0.1) is 25.7 Å². The summed E-state index contributed by atoms with van der Waals surface area (Å²) in [6, 6.07) is 6.40. The van der Waals surface area contributed by atoms with E-state index in [1.165, 1.54) is 26.4 Å². The van der Waals surface area contributed by atoms with Gasteiger partial charge in [0.2, 0.25) is 0 Å². The summed E-state index contributed by atoms with van der Waals surface area (Å²) >= 11 is 0. The molecule has 8 heteroatoms. The van der Waals surface area contributed by atoms with Gasteiger partial charge in [-0.3, -0.25) is 13.8 Å². The Hall–Kier alpha value is -1.93. The van der Waals surface area contributed by atoms with Crippen LogP contribution < -0.4 is 0 Å². The van der Waals surface area contributed by atoms with E-state index in [1.54, 1.807) is 12.1 Å². The van der Waals surface area contributed by atoms with Crippen LogP contribution in [-0.4, -0.2) is 41.2 Å². The molecule has 150 valence electrons. The number of hydrogen-bond donors (Lipinski definition) is 0. The van der Waals surface area contributed by atoms with Gasteiger partial charge in [0.25, 0.3) is 10.1 Å². The van der Waals surface area contributed by atoms with Crippen LogP contribution in [0.25, 0.3) is 0 Å². The Bertz CT molecular complexity index is 782. The van der Waals surface area contributed by atoms with E-state index in [4.69, 9.17) is 13.7 Å². The lowest BCUT2D eigenvalue weighted by molar-refractivity contribution is -0.163. The number of esters is 2. The predicted molar refractivity (Wildman–Crippen MR) is 97.4 cm³/mol. The maximum atomic E-state index is 12.2. The first-order valence-electron chi connectivity index (χ1n) is 8.82. The third-order valence-electron chi connectivity index (χ3n) is 5.48. The Morgan fingerprint density at radius 3 is 2.11 bits per heavy atom. The zero-order chi connectivity index (χ0) is 20.3. The third-order valence-corrected chi connectivity index (χ3v) is 6.80. The van der Waals surface area contributed by atoms with Gasteiger partial charge in [-0.15, -0.1) is 0 Å². The van der Waals surface area contributed by atoms with E-state index >= 15 is 0 Å². The summed E-state index contributed by atoms with van der Waals surface area (Å²) in [5, 5.41) is 0. The number of rotatable bonds is 9. The molecule has 0 bridgehead atoms. The van der Waals surface area contributed by atoms with Gasteiger partial charge in [-0.05, 0) is 50.2 Å². The molecule has 0 aromatic heterocycles. The quantitative estimate of drug-likeness (QED) is 0.273. The Morgan fingerprint density at radius 2 is 1.63 bits per heavy atom. The molecule has 1 aliphatic carbocycles. The SMILES string of the molecule is CCC1(CCCOS(=O)(=O)c2ccc(C)cc2)CC1(C(=O)OC)C(=O)OC. The largest absolute Gasteiger partial charge is 0.468 e. The standard InChI is InChI=1S/C19H26O7S/c1-5-18(13-19(18,16(20)24-3)17(21)25-4)11-6-12-26-27(22,23)15-9-7-14(2)8-10-15/h7-10H,5-6,11-13H2,1-4H3. The average Bonchev–Trinajstić information content (AvgIpc) is 3.35. The van der Waals surface area contributed by atoms with Crippen LogP contribution in [-0.2, 0) is 33.4 Å². The van der Waals surface area contributed by atoms with Crippen molar-refractivity contribution >= 4 is 22.1 Å². The van der Waals surface area contributed by atoms with Crippen molar-refractivity contribution in [2.75, 3.05) is 20.8 Å². The Balaban J connectivity index is 2.00. The molecule has 1 aliphatic rings. The Labute approximate surface area is 160 Å². The highest BCUT2D eigenvalue weighted by Crippen LogP contribution is 2.69. The molecule has 1 fully saturated rings. The molecule has 0 radical (unpaired) electrons. The second kappa shape index (κ2) is 7.98. The lowest BCUT2D eigenvalue weighted by Gasteiger charge is -2.21. The molecule has 7 nitrogen and oxygen atoms in total. The van der Waals surface area contributed by atoms with Gasteiger partial charge in [-0.25, -0.2) is 0 Å². The minimum absolute atomic E-state index is 0.0314. The van der Waals surface area contributed by atoms with E-state index in [1.807, 2.05) is 13.8 Å². The molecule has 1 unspecified atom stereocenters. The van der Waals surface area contributed by atoms with Gasteiger partial charge in [0.1, 0.15) is 0 Å². The summed E-state index contributed by atoms with van der Waals surface area (Å²) in [6.07, 6.45) is 1.74. The van der Waals surface area contributed by atoms with Crippen LogP contribution >= 0.6 is 0 Å². The van der Waals surface area contributed by atoms with Crippen LogP contribution in [0.1, 0.15) is 38.2 Å². The van der Waals surface area contributed by atoms with Crippen molar-refractivity contribution in [3.63, 3.8) is 0 Å². The topological polar surface area (TPSA) is 96.0 Å². The fourth-order valence-electron chi connectivity index (χ4n) is 3.73. The van der Waals surface area contributed by atoms with Crippen molar-refractivity contribution < 1.29 is 31.7 Å². The van der Waals surface area contributed by atoms with Crippen molar-refractivity contribution in [2.24, 2.45) is 10.8 Å². The highest BCUT2D eigenvalue weighted by atomic mass is 32.2. The van der Waals surface area contributed by atoms with Gasteiger partial charge >= 0.3 is 11.9 Å². The molecule has 0 saturated heterocycles. The minimum Gasteiger partial charge on any atom is -0.468 e. The average molecular weight is 398 g/mol. The molecular formula is C19H26O7S. The van der Waals surface area contributed by atoms with Gasteiger partial charge < -0.3 is 9.47 Å². The van der Waals surface area contributed by atoms with Crippen LogP contribution in [0.2, 0.25) is 0 Å². The molecule has 0 spiro atoms. The maximum Gasteiger partial charge on any atom is 0.323 e. The summed E-state index contributed by atoms with van der Waals surface area (Å²) in [5.74, 6) is -1.21. The first-order chi connectivity index (χ1) is 12.7. The maximum absolute atomic E-state index is 12.2. The van der Waals surface area contributed by atoms with E-state index in [-0.39, 0.29) is 11.5 Å². The third kappa shape index (κ3) is 3.87. The first kappa shape index (κ1) is 21.4. The van der Waals surface area contributed by atoms with Crippen molar-refractivity contribution in [3.8, 4) is 0 Å². The highest BCUT2D eigenvalue weighted by Gasteiger charge is 2.76. The van der Waals surface area contributed by atoms with Crippen LogP contribution in [0.3, 0.4) is 0 Å². The van der Waals surface area contributed by atoms with Crippen LogP contribution in [0, 0.1) is 17.8 Å². The summed E-state index contributed by atoms with van der Waals surface area (Å²) in [5.41, 5.74) is -0.944. The molecule has 2 rings (SSSR count). The Kier molecular flexibility index (Phi) is 6.32. The number of methoxy groups -OCH3 is 2. The normalized spacial score (nSPS) is 20.7. The molecule has 0 N–H and O–H groups in total. The number of carbonyl (C=O) groups excluding carboxylic acids is 2. The highest BCUT2D eigenvalue weighted by molar-refractivity contribution is 7.86. The summed E-state index contributed by atoms with van der Waals surface area (Å²) in [4.78, 5) is 24.6. The molecule has 1 atom stereocenters. The second-order valence-corrected chi connectivity index (χ2v) is 8.51. The molecule has 0 aliphatic heterocycles. The van der Waals surface area contributed by atoms with E-state index in [2.05, 4.69) is 0 Å². The monoisotopic (exact) mass is 398 g/mol. The van der Waals surface area contributed by atoms with Gasteiger partial charge in [0, 0.05) is 0 Å². The van der Waals surface area contributed by atoms with E-state index in [0.29, 0.717) is 25.7 Å². The van der Waals surface area contributed by atoms with Crippen molar-refractivity contribution in [3.05, 3.63) is 29.8 Å². The molecule has 1 aromatic carbocycles. The van der Waals surface area contributed by atoms with Crippen LogP contribution in [0.5, 0.6) is 0 Å². The van der Waals surface area contributed by atoms with Gasteiger partial charge in [-0.1, -0.05) is 24.6 Å². The van der Waals surface area contributed by atoms with Gasteiger partial charge in [-0.2, -0.15) is 8.42 Å². The summed E-state index contributed by atoms with van der Waals surface area (Å²) in [7, 11) is -1.36. The van der Waals surface area contributed by atoms with Crippen LogP contribution in [0.4, 0.5) is 0 Å². The lowest BCUT2D eigenvalue weighted by atomic mass is 9.86. The second-order valence-electron chi connectivity index (χ2n) is 6.89. The fourth-order valence-corrected chi connectivity index (χ4v) is 4.67. The lowest BCUT2D eigenvalue weighted by Crippen LogP contribution is -2.34. The summed E-state index contributed by atoms with van der Waals surface area (Å²) in [6.45, 7) is 3.72.